The Morgan fingerprint density at radius 2 is 1.22 bits per heavy atom. The summed E-state index contributed by atoms with van der Waals surface area (Å²) >= 11 is 0. The van der Waals surface area contributed by atoms with Gasteiger partial charge in [0.05, 0.1) is 12.3 Å². The molecule has 0 fully saturated rings. The predicted octanol–water partition coefficient (Wildman–Crippen LogP) is 0.230. The molecule has 0 rings (SSSR count). The fourth-order valence-electron chi connectivity index (χ4n) is 1.72. The second kappa shape index (κ2) is 20.8. The van der Waals surface area contributed by atoms with E-state index in [2.05, 4.69) is 16.0 Å². The maximum Gasteiger partial charge on any atom is 0.328 e. The molecular weight excluding hydrogens is 426 g/mol. The minimum Gasteiger partial charge on any atom is -0.481 e. The summed E-state index contributed by atoms with van der Waals surface area (Å²) in [6.45, 7) is 10.1. The molecule has 0 aromatic rings. The number of likely N-dealkylation sites (N-methyl/N-ethyl adjacent to an activating group) is 1. The zero-order valence-electron chi connectivity index (χ0n) is 19.1. The fraction of sp³-hybridized carbons (Fsp3) is 0.600. The normalized spacial score (nSPS) is 11.4. The van der Waals surface area contributed by atoms with Gasteiger partial charge in [-0.1, -0.05) is 13.8 Å². The van der Waals surface area contributed by atoms with Crippen molar-refractivity contribution < 1.29 is 44.1 Å². The van der Waals surface area contributed by atoms with E-state index in [0.29, 0.717) is 19.6 Å². The molecule has 0 saturated heterocycles. The molecule has 0 aliphatic rings. The van der Waals surface area contributed by atoms with Gasteiger partial charge in [-0.25, -0.2) is 4.79 Å². The first kappa shape index (κ1) is 33.2. The number of carboxylic acids is 3. The molecule has 32 heavy (non-hydrogen) atoms. The number of aliphatic carboxylic acids is 3. The predicted molar refractivity (Wildman–Crippen MR) is 116 cm³/mol. The Hall–Kier alpha value is -3.44. The molecule has 12 nitrogen and oxygen atoms in total. The molecule has 0 bridgehead atoms. The monoisotopic (exact) mass is 461 g/mol. The smallest absolute Gasteiger partial charge is 0.328 e. The third kappa shape index (κ3) is 24.6. The third-order valence-corrected chi connectivity index (χ3v) is 3.29. The largest absolute Gasteiger partial charge is 0.481 e. The van der Waals surface area contributed by atoms with Crippen LogP contribution in [0.1, 0.15) is 47.5 Å². The molecule has 6 N–H and O–H groups in total. The van der Waals surface area contributed by atoms with E-state index < -0.39 is 29.7 Å². The first-order valence-corrected chi connectivity index (χ1v) is 9.99. The highest BCUT2D eigenvalue weighted by Gasteiger charge is 2.15. The number of amides is 3. The van der Waals surface area contributed by atoms with Crippen molar-refractivity contribution in [3.63, 3.8) is 0 Å². The van der Waals surface area contributed by atoms with Crippen LogP contribution in [0.5, 0.6) is 0 Å². The molecule has 2 unspecified atom stereocenters. The van der Waals surface area contributed by atoms with E-state index in [1.165, 1.54) is 6.92 Å². The highest BCUT2D eigenvalue weighted by atomic mass is 16.4. The van der Waals surface area contributed by atoms with Crippen LogP contribution in [-0.2, 0) is 28.8 Å². The van der Waals surface area contributed by atoms with Crippen molar-refractivity contribution in [2.75, 3.05) is 19.6 Å². The SMILES string of the molecule is CCNC(=O)/C=C\C(=O)O.CCNC(=O)C(C)CC(=O)O.CCNC(=O)CC(C)C(=O)O. The van der Waals surface area contributed by atoms with Crippen LogP contribution in [0.3, 0.4) is 0 Å². The van der Waals surface area contributed by atoms with Gasteiger partial charge in [-0.2, -0.15) is 0 Å². The summed E-state index contributed by atoms with van der Waals surface area (Å²) in [4.78, 5) is 62.4. The lowest BCUT2D eigenvalue weighted by Crippen LogP contribution is -2.30. The van der Waals surface area contributed by atoms with Crippen LogP contribution in [0, 0.1) is 11.8 Å². The molecule has 2 atom stereocenters. The van der Waals surface area contributed by atoms with Crippen LogP contribution >= 0.6 is 0 Å². The molecule has 0 aliphatic heterocycles. The summed E-state index contributed by atoms with van der Waals surface area (Å²) < 4.78 is 0. The van der Waals surface area contributed by atoms with Crippen LogP contribution < -0.4 is 16.0 Å². The fourth-order valence-corrected chi connectivity index (χ4v) is 1.72. The van der Waals surface area contributed by atoms with E-state index in [1.807, 2.05) is 0 Å². The molecule has 12 heteroatoms. The summed E-state index contributed by atoms with van der Waals surface area (Å²) in [6, 6.07) is 0. The van der Waals surface area contributed by atoms with Gasteiger partial charge in [0, 0.05) is 44.1 Å². The van der Waals surface area contributed by atoms with Gasteiger partial charge in [0.15, 0.2) is 0 Å². The minimum absolute atomic E-state index is 0.0587. The van der Waals surface area contributed by atoms with E-state index in [-0.39, 0.29) is 30.6 Å². The Kier molecular flexibility index (Phi) is 21.6. The van der Waals surface area contributed by atoms with Gasteiger partial charge in [0.1, 0.15) is 0 Å². The molecule has 3 amide bonds. The number of hydrogen-bond acceptors (Lipinski definition) is 6. The van der Waals surface area contributed by atoms with E-state index >= 15 is 0 Å². The van der Waals surface area contributed by atoms with E-state index in [0.717, 1.165) is 12.2 Å². The van der Waals surface area contributed by atoms with Crippen molar-refractivity contribution in [2.45, 2.75) is 47.5 Å². The number of carbonyl (C=O) groups is 6. The van der Waals surface area contributed by atoms with Crippen molar-refractivity contribution in [3.05, 3.63) is 12.2 Å². The summed E-state index contributed by atoms with van der Waals surface area (Å²) in [7, 11) is 0. The molecular formula is C20H35N3O9. The zero-order valence-corrected chi connectivity index (χ0v) is 19.1. The second-order valence-corrected chi connectivity index (χ2v) is 6.36. The summed E-state index contributed by atoms with van der Waals surface area (Å²) in [5, 5.41) is 32.3. The Balaban J connectivity index is -0.000000395. The first-order chi connectivity index (χ1) is 14.8. The Bertz CT molecular complexity index is 648. The number of carboxylic acid groups (broad SMARTS) is 3. The molecule has 0 spiro atoms. The number of carbonyl (C=O) groups excluding carboxylic acids is 3. The maximum absolute atomic E-state index is 10.9. The molecule has 0 saturated carbocycles. The summed E-state index contributed by atoms with van der Waals surface area (Å²) in [5.41, 5.74) is 0. The van der Waals surface area contributed by atoms with Gasteiger partial charge in [0.2, 0.25) is 17.7 Å². The Morgan fingerprint density at radius 3 is 1.59 bits per heavy atom. The van der Waals surface area contributed by atoms with Gasteiger partial charge in [0.25, 0.3) is 0 Å². The molecule has 0 aliphatic carbocycles. The highest BCUT2D eigenvalue weighted by Crippen LogP contribution is 2.01. The van der Waals surface area contributed by atoms with Crippen LogP contribution in [0.4, 0.5) is 0 Å². The number of rotatable bonds is 11. The Labute approximate surface area is 187 Å². The van der Waals surface area contributed by atoms with Crippen LogP contribution in [0.2, 0.25) is 0 Å². The summed E-state index contributed by atoms with van der Waals surface area (Å²) in [5.74, 6) is -4.82. The van der Waals surface area contributed by atoms with Gasteiger partial charge >= 0.3 is 17.9 Å². The van der Waals surface area contributed by atoms with E-state index in [4.69, 9.17) is 15.3 Å². The van der Waals surface area contributed by atoms with Crippen molar-refractivity contribution in [2.24, 2.45) is 11.8 Å². The Morgan fingerprint density at radius 1 is 0.719 bits per heavy atom. The lowest BCUT2D eigenvalue weighted by Gasteiger charge is -2.07. The van der Waals surface area contributed by atoms with Crippen molar-refractivity contribution >= 4 is 35.6 Å². The average molecular weight is 462 g/mol. The van der Waals surface area contributed by atoms with Crippen LogP contribution in [-0.4, -0.2) is 70.6 Å². The zero-order chi connectivity index (χ0) is 25.7. The van der Waals surface area contributed by atoms with Crippen molar-refractivity contribution in [1.29, 1.82) is 0 Å². The standard InChI is InChI=1S/2C7H13NO3.C6H9NO3/c1-3-8-7(11)5(2)4-6(9)10;1-3-8-6(9)4-5(2)7(10)11;1-2-7-5(8)3-4-6(9)10/h5H,3-4H2,1-2H3,(H,8,11)(H,9,10);5H,3-4H2,1-2H3,(H,8,9)(H,10,11);3-4H,2H2,1H3,(H,7,8)(H,9,10)/b;;4-3-. The van der Waals surface area contributed by atoms with Crippen LogP contribution in [0.15, 0.2) is 12.2 Å². The lowest BCUT2D eigenvalue weighted by molar-refractivity contribution is -0.143. The second-order valence-electron chi connectivity index (χ2n) is 6.36. The van der Waals surface area contributed by atoms with E-state index in [9.17, 15) is 28.8 Å². The number of nitrogens with one attached hydrogen (secondary N) is 3. The minimum atomic E-state index is -1.12. The highest BCUT2D eigenvalue weighted by molar-refractivity contribution is 5.93. The molecule has 0 aromatic carbocycles. The molecule has 184 valence electrons. The summed E-state index contributed by atoms with van der Waals surface area (Å²) in [6.07, 6.45) is 1.73. The first-order valence-electron chi connectivity index (χ1n) is 9.99. The third-order valence-electron chi connectivity index (χ3n) is 3.29. The van der Waals surface area contributed by atoms with Gasteiger partial charge in [-0.15, -0.1) is 0 Å². The van der Waals surface area contributed by atoms with Crippen molar-refractivity contribution in [1.82, 2.24) is 16.0 Å². The molecule has 0 aromatic heterocycles. The van der Waals surface area contributed by atoms with Gasteiger partial charge in [-0.05, 0) is 20.8 Å². The quantitative estimate of drug-likeness (QED) is 0.233. The molecule has 0 radical (unpaired) electrons. The van der Waals surface area contributed by atoms with Crippen molar-refractivity contribution in [3.8, 4) is 0 Å². The topological polar surface area (TPSA) is 199 Å². The number of hydrogen-bond donors (Lipinski definition) is 6. The average Bonchev–Trinajstić information content (AvgIpc) is 2.67. The molecule has 0 heterocycles. The maximum atomic E-state index is 10.9. The van der Waals surface area contributed by atoms with E-state index in [1.54, 1.807) is 27.7 Å². The lowest BCUT2D eigenvalue weighted by atomic mass is 10.1. The van der Waals surface area contributed by atoms with Gasteiger partial charge in [-0.3, -0.25) is 24.0 Å². The van der Waals surface area contributed by atoms with Crippen LogP contribution in [0.25, 0.3) is 0 Å². The van der Waals surface area contributed by atoms with Gasteiger partial charge < -0.3 is 31.3 Å².